The van der Waals surface area contributed by atoms with Gasteiger partial charge >= 0.3 is 0 Å². The van der Waals surface area contributed by atoms with E-state index in [2.05, 4.69) is 43.4 Å². The highest BCUT2D eigenvalue weighted by Crippen LogP contribution is 2.23. The van der Waals surface area contributed by atoms with Crippen molar-refractivity contribution in [2.24, 2.45) is 4.99 Å². The third-order valence-corrected chi connectivity index (χ3v) is 5.03. The van der Waals surface area contributed by atoms with Crippen molar-refractivity contribution < 1.29 is 9.15 Å². The Kier molecular flexibility index (Phi) is 8.89. The smallest absolute Gasteiger partial charge is 0.191 e. The highest BCUT2D eigenvalue weighted by Gasteiger charge is 2.25. The van der Waals surface area contributed by atoms with Gasteiger partial charge in [0.1, 0.15) is 11.5 Å². The molecule has 0 radical (unpaired) electrons. The third kappa shape index (κ3) is 5.97. The van der Waals surface area contributed by atoms with E-state index in [-0.39, 0.29) is 30.0 Å². The van der Waals surface area contributed by atoms with Gasteiger partial charge in [-0.05, 0) is 41.4 Å². The van der Waals surface area contributed by atoms with E-state index in [4.69, 9.17) is 9.15 Å². The molecule has 1 aliphatic heterocycles. The first-order valence-electron chi connectivity index (χ1n) is 8.60. The molecule has 0 bridgehead atoms. The van der Waals surface area contributed by atoms with Crippen molar-refractivity contribution >= 4 is 41.3 Å². The minimum Gasteiger partial charge on any atom is -0.465 e. The first-order valence-corrected chi connectivity index (χ1v) is 9.54. The number of thiophene rings is 1. The van der Waals surface area contributed by atoms with Crippen molar-refractivity contribution in [3.63, 3.8) is 0 Å². The average Bonchev–Trinajstić information content (AvgIpc) is 3.30. The molecule has 0 aromatic carbocycles. The van der Waals surface area contributed by atoms with Crippen LogP contribution in [0.3, 0.4) is 0 Å². The van der Waals surface area contributed by atoms with Crippen LogP contribution in [0.1, 0.15) is 23.1 Å². The Morgan fingerprint density at radius 1 is 1.27 bits per heavy atom. The van der Waals surface area contributed by atoms with Gasteiger partial charge in [-0.3, -0.25) is 9.89 Å². The second-order valence-corrected chi connectivity index (χ2v) is 6.83. The standard InChI is InChI=1S/C18H26N4O2S.HI/c1-14-3-4-17(24-14)16(22-6-8-23-9-7-22)12-21-18(19-2)20-11-15-5-10-25-13-15;/h3-5,10,13,16H,6-9,11-12H2,1-2H3,(H2,19,20,21);1H. The Labute approximate surface area is 176 Å². The maximum Gasteiger partial charge on any atom is 0.191 e. The van der Waals surface area contributed by atoms with Crippen LogP contribution in [0.2, 0.25) is 0 Å². The lowest BCUT2D eigenvalue weighted by Crippen LogP contribution is -2.46. The van der Waals surface area contributed by atoms with E-state index in [0.29, 0.717) is 0 Å². The fourth-order valence-corrected chi connectivity index (χ4v) is 3.59. The van der Waals surface area contributed by atoms with Crippen molar-refractivity contribution in [2.45, 2.75) is 19.5 Å². The number of nitrogens with zero attached hydrogens (tertiary/aromatic N) is 2. The number of morpholine rings is 1. The molecule has 1 saturated heterocycles. The highest BCUT2D eigenvalue weighted by molar-refractivity contribution is 14.0. The molecule has 26 heavy (non-hydrogen) atoms. The molecule has 3 rings (SSSR count). The lowest BCUT2D eigenvalue weighted by atomic mass is 10.1. The predicted molar refractivity (Wildman–Crippen MR) is 117 cm³/mol. The first kappa shape index (κ1) is 21.2. The molecule has 0 saturated carbocycles. The van der Waals surface area contributed by atoms with E-state index in [1.807, 2.05) is 13.0 Å². The Morgan fingerprint density at radius 2 is 2.08 bits per heavy atom. The lowest BCUT2D eigenvalue weighted by Gasteiger charge is -2.33. The predicted octanol–water partition coefficient (Wildman–Crippen LogP) is 3.01. The van der Waals surface area contributed by atoms with E-state index in [1.54, 1.807) is 18.4 Å². The zero-order chi connectivity index (χ0) is 17.5. The number of hydrogen-bond acceptors (Lipinski definition) is 5. The normalized spacial score (nSPS) is 16.8. The molecule has 8 heteroatoms. The molecule has 1 fully saturated rings. The molecular weight excluding hydrogens is 463 g/mol. The minimum absolute atomic E-state index is 0. The fourth-order valence-electron chi connectivity index (χ4n) is 2.92. The van der Waals surface area contributed by atoms with Gasteiger partial charge in [0.05, 0.1) is 19.3 Å². The number of hydrogen-bond donors (Lipinski definition) is 2. The maximum atomic E-state index is 5.90. The third-order valence-electron chi connectivity index (χ3n) is 4.30. The van der Waals surface area contributed by atoms with Crippen LogP contribution in [0.25, 0.3) is 0 Å². The first-order chi connectivity index (χ1) is 12.3. The molecule has 0 amide bonds. The summed E-state index contributed by atoms with van der Waals surface area (Å²) in [5, 5.41) is 11.0. The average molecular weight is 490 g/mol. The van der Waals surface area contributed by atoms with E-state index in [0.717, 1.165) is 56.9 Å². The van der Waals surface area contributed by atoms with Gasteiger partial charge in [0.15, 0.2) is 5.96 Å². The van der Waals surface area contributed by atoms with Crippen LogP contribution in [0.4, 0.5) is 0 Å². The Morgan fingerprint density at radius 3 is 2.69 bits per heavy atom. The van der Waals surface area contributed by atoms with Crippen molar-refractivity contribution in [1.29, 1.82) is 0 Å². The summed E-state index contributed by atoms with van der Waals surface area (Å²) in [7, 11) is 1.80. The zero-order valence-corrected chi connectivity index (χ0v) is 18.4. The summed E-state index contributed by atoms with van der Waals surface area (Å²) in [6.07, 6.45) is 0. The van der Waals surface area contributed by atoms with Gasteiger partial charge in [-0.1, -0.05) is 0 Å². The molecule has 6 nitrogen and oxygen atoms in total. The lowest BCUT2D eigenvalue weighted by molar-refractivity contribution is 0.0124. The second-order valence-electron chi connectivity index (χ2n) is 6.05. The second kappa shape index (κ2) is 10.9. The number of aliphatic imine (C=N–C) groups is 1. The Balaban J connectivity index is 0.00000243. The Bertz CT molecular complexity index is 669. The number of halogens is 1. The molecule has 144 valence electrons. The number of aryl methyl sites for hydroxylation is 1. The van der Waals surface area contributed by atoms with Gasteiger partial charge in [-0.2, -0.15) is 11.3 Å². The molecular formula is C18H27IN4O2S. The van der Waals surface area contributed by atoms with Crippen molar-refractivity contribution in [1.82, 2.24) is 15.5 Å². The molecule has 0 aliphatic carbocycles. The van der Waals surface area contributed by atoms with Crippen LogP contribution in [-0.4, -0.2) is 50.8 Å². The van der Waals surface area contributed by atoms with Crippen LogP contribution in [-0.2, 0) is 11.3 Å². The molecule has 2 aromatic heterocycles. The van der Waals surface area contributed by atoms with E-state index in [1.165, 1.54) is 5.56 Å². The SMILES string of the molecule is CN=C(NCc1ccsc1)NCC(c1ccc(C)o1)N1CCOCC1.I. The van der Waals surface area contributed by atoms with Gasteiger partial charge in [0.2, 0.25) is 0 Å². The molecule has 1 aliphatic rings. The summed E-state index contributed by atoms with van der Waals surface area (Å²) in [5.74, 6) is 2.72. The maximum absolute atomic E-state index is 5.90. The van der Waals surface area contributed by atoms with Crippen LogP contribution >= 0.6 is 35.3 Å². The fraction of sp³-hybridized carbons (Fsp3) is 0.500. The van der Waals surface area contributed by atoms with Gasteiger partial charge in [-0.25, -0.2) is 0 Å². The quantitative estimate of drug-likeness (QED) is 0.371. The highest BCUT2D eigenvalue weighted by atomic mass is 127. The molecule has 1 atom stereocenters. The van der Waals surface area contributed by atoms with E-state index in [9.17, 15) is 0 Å². The molecule has 0 spiro atoms. The number of ether oxygens (including phenoxy) is 1. The summed E-state index contributed by atoms with van der Waals surface area (Å²) in [6.45, 7) is 6.83. The number of guanidine groups is 1. The number of rotatable bonds is 6. The summed E-state index contributed by atoms with van der Waals surface area (Å²) in [5.41, 5.74) is 1.26. The van der Waals surface area contributed by atoms with Crippen molar-refractivity contribution in [3.05, 3.63) is 46.0 Å². The summed E-state index contributed by atoms with van der Waals surface area (Å²) >= 11 is 1.70. The topological polar surface area (TPSA) is 62.0 Å². The van der Waals surface area contributed by atoms with Crippen LogP contribution in [0.5, 0.6) is 0 Å². The van der Waals surface area contributed by atoms with Crippen molar-refractivity contribution in [3.8, 4) is 0 Å². The molecule has 2 aromatic rings. The largest absolute Gasteiger partial charge is 0.465 e. The van der Waals surface area contributed by atoms with E-state index >= 15 is 0 Å². The van der Waals surface area contributed by atoms with Gasteiger partial charge < -0.3 is 19.8 Å². The number of nitrogens with one attached hydrogen (secondary N) is 2. The van der Waals surface area contributed by atoms with Gasteiger partial charge in [-0.15, -0.1) is 24.0 Å². The summed E-state index contributed by atoms with van der Waals surface area (Å²) < 4.78 is 11.4. The van der Waals surface area contributed by atoms with Crippen LogP contribution < -0.4 is 10.6 Å². The van der Waals surface area contributed by atoms with E-state index < -0.39 is 0 Å². The van der Waals surface area contributed by atoms with Crippen molar-refractivity contribution in [2.75, 3.05) is 39.9 Å². The Hall–Kier alpha value is -1.10. The summed E-state index contributed by atoms with van der Waals surface area (Å²) in [6, 6.07) is 6.37. The van der Waals surface area contributed by atoms with Crippen LogP contribution in [0, 0.1) is 6.92 Å². The van der Waals surface area contributed by atoms with Crippen LogP contribution in [0.15, 0.2) is 38.4 Å². The zero-order valence-electron chi connectivity index (χ0n) is 15.2. The van der Waals surface area contributed by atoms with Gasteiger partial charge in [0, 0.05) is 33.2 Å². The molecule has 3 heterocycles. The minimum atomic E-state index is 0. The molecule has 1 unspecified atom stereocenters. The molecule has 2 N–H and O–H groups in total. The van der Waals surface area contributed by atoms with Gasteiger partial charge in [0.25, 0.3) is 0 Å². The summed E-state index contributed by atoms with van der Waals surface area (Å²) in [4.78, 5) is 6.73. The number of furan rings is 1. The monoisotopic (exact) mass is 490 g/mol.